The van der Waals surface area contributed by atoms with Crippen molar-refractivity contribution in [3.8, 4) is 0 Å². The summed E-state index contributed by atoms with van der Waals surface area (Å²) in [5, 5.41) is 9.76. The van der Waals surface area contributed by atoms with Gasteiger partial charge in [-0.3, -0.25) is 4.79 Å². The van der Waals surface area contributed by atoms with Crippen LogP contribution in [-0.4, -0.2) is 23.8 Å². The maximum atomic E-state index is 11.3. The van der Waals surface area contributed by atoms with Crippen LogP contribution in [0.2, 0.25) is 0 Å². The molecule has 0 radical (unpaired) electrons. The van der Waals surface area contributed by atoms with E-state index in [2.05, 4.69) is 13.8 Å². The van der Waals surface area contributed by atoms with E-state index in [1.165, 1.54) is 32.1 Å². The van der Waals surface area contributed by atoms with E-state index in [9.17, 15) is 9.90 Å². The van der Waals surface area contributed by atoms with Gasteiger partial charge in [-0.05, 0) is 19.3 Å². The van der Waals surface area contributed by atoms with Crippen molar-refractivity contribution in [1.29, 1.82) is 0 Å². The van der Waals surface area contributed by atoms with Gasteiger partial charge in [-0.25, -0.2) is 0 Å². The molecule has 20 heavy (non-hydrogen) atoms. The summed E-state index contributed by atoms with van der Waals surface area (Å²) in [7, 11) is 0. The largest absolute Gasteiger partial charge is 0.466 e. The van der Waals surface area contributed by atoms with Crippen LogP contribution in [0.4, 0.5) is 0 Å². The topological polar surface area (TPSA) is 46.5 Å². The Morgan fingerprint density at radius 3 is 2.20 bits per heavy atom. The van der Waals surface area contributed by atoms with E-state index < -0.39 is 0 Å². The van der Waals surface area contributed by atoms with Gasteiger partial charge in [-0.15, -0.1) is 0 Å². The summed E-state index contributed by atoms with van der Waals surface area (Å²) in [6.07, 6.45) is 10.7. The molecular formula is C17H36O3. The fourth-order valence-corrected chi connectivity index (χ4v) is 1.99. The van der Waals surface area contributed by atoms with Gasteiger partial charge in [-0.2, -0.15) is 0 Å². The standard InChI is InChI=1S/C16H32O3.CH4/c1-3-5-7-8-9-10-11-15(17)12-13-16(18)19-14-6-4-2;/h15,17H,3-14H2,1-2H3;1H4. The fraction of sp³-hybridized carbons (Fsp3) is 0.941. The highest BCUT2D eigenvalue weighted by Gasteiger charge is 2.08. The first-order chi connectivity index (χ1) is 9.20. The number of carbonyl (C=O) groups is 1. The Morgan fingerprint density at radius 2 is 1.55 bits per heavy atom. The van der Waals surface area contributed by atoms with E-state index in [1.807, 2.05) is 0 Å². The zero-order chi connectivity index (χ0) is 14.3. The molecule has 0 spiro atoms. The number of carbonyl (C=O) groups excluding carboxylic acids is 1. The van der Waals surface area contributed by atoms with E-state index in [0.29, 0.717) is 19.4 Å². The Balaban J connectivity index is 0. The van der Waals surface area contributed by atoms with Crippen molar-refractivity contribution in [1.82, 2.24) is 0 Å². The minimum atomic E-state index is -0.343. The maximum Gasteiger partial charge on any atom is 0.305 e. The predicted octanol–water partition coefficient (Wildman–Crippen LogP) is 4.86. The van der Waals surface area contributed by atoms with Crippen molar-refractivity contribution in [2.75, 3.05) is 6.61 Å². The van der Waals surface area contributed by atoms with Gasteiger partial charge in [0.25, 0.3) is 0 Å². The van der Waals surface area contributed by atoms with E-state index in [0.717, 1.165) is 25.7 Å². The summed E-state index contributed by atoms with van der Waals surface area (Å²) in [5.41, 5.74) is 0. The zero-order valence-corrected chi connectivity index (χ0v) is 12.8. The molecule has 0 saturated heterocycles. The number of aliphatic hydroxyl groups excluding tert-OH is 1. The Bertz CT molecular complexity index is 204. The summed E-state index contributed by atoms with van der Waals surface area (Å²) in [4.78, 5) is 11.3. The first kappa shape index (κ1) is 21.7. The summed E-state index contributed by atoms with van der Waals surface area (Å²) < 4.78 is 5.05. The number of aliphatic hydroxyl groups is 1. The quantitative estimate of drug-likeness (QED) is 0.389. The first-order valence-electron chi connectivity index (χ1n) is 8.04. The number of hydrogen-bond acceptors (Lipinski definition) is 3. The molecule has 0 saturated carbocycles. The minimum absolute atomic E-state index is 0. The van der Waals surface area contributed by atoms with E-state index in [1.54, 1.807) is 0 Å². The molecule has 3 nitrogen and oxygen atoms in total. The van der Waals surface area contributed by atoms with E-state index in [-0.39, 0.29) is 19.5 Å². The molecule has 0 bridgehead atoms. The number of unbranched alkanes of at least 4 members (excludes halogenated alkanes) is 6. The molecule has 122 valence electrons. The Morgan fingerprint density at radius 1 is 0.950 bits per heavy atom. The SMILES string of the molecule is C.CCCCCCCCC(O)CCC(=O)OCCCC. The second-order valence-electron chi connectivity index (χ2n) is 5.32. The smallest absolute Gasteiger partial charge is 0.305 e. The van der Waals surface area contributed by atoms with Crippen molar-refractivity contribution < 1.29 is 14.6 Å². The average molecular weight is 288 g/mol. The van der Waals surface area contributed by atoms with Gasteiger partial charge in [0.2, 0.25) is 0 Å². The van der Waals surface area contributed by atoms with Crippen LogP contribution in [0, 0.1) is 0 Å². The Kier molecular flexibility index (Phi) is 17.9. The molecular weight excluding hydrogens is 252 g/mol. The van der Waals surface area contributed by atoms with Gasteiger partial charge in [-0.1, -0.05) is 66.2 Å². The molecule has 0 aliphatic heterocycles. The van der Waals surface area contributed by atoms with Crippen LogP contribution in [-0.2, 0) is 9.53 Å². The highest BCUT2D eigenvalue weighted by molar-refractivity contribution is 5.69. The van der Waals surface area contributed by atoms with Gasteiger partial charge in [0.1, 0.15) is 0 Å². The molecule has 1 N–H and O–H groups in total. The van der Waals surface area contributed by atoms with Crippen LogP contribution in [0.15, 0.2) is 0 Å². The first-order valence-corrected chi connectivity index (χ1v) is 8.04. The van der Waals surface area contributed by atoms with Crippen molar-refractivity contribution in [3.05, 3.63) is 0 Å². The molecule has 1 atom stereocenters. The van der Waals surface area contributed by atoms with E-state index >= 15 is 0 Å². The van der Waals surface area contributed by atoms with E-state index in [4.69, 9.17) is 4.74 Å². The summed E-state index contributed by atoms with van der Waals surface area (Å²) >= 11 is 0. The monoisotopic (exact) mass is 288 g/mol. The predicted molar refractivity (Wildman–Crippen MR) is 85.8 cm³/mol. The zero-order valence-electron chi connectivity index (χ0n) is 12.8. The average Bonchev–Trinajstić information content (AvgIpc) is 2.40. The second kappa shape index (κ2) is 16.5. The lowest BCUT2D eigenvalue weighted by Gasteiger charge is -2.10. The molecule has 0 aliphatic carbocycles. The number of rotatable bonds is 13. The normalized spacial score (nSPS) is 11.8. The van der Waals surface area contributed by atoms with Crippen LogP contribution in [0.5, 0.6) is 0 Å². The highest BCUT2D eigenvalue weighted by atomic mass is 16.5. The van der Waals surface area contributed by atoms with Crippen LogP contribution < -0.4 is 0 Å². The highest BCUT2D eigenvalue weighted by Crippen LogP contribution is 2.11. The Labute approximate surface area is 126 Å². The molecule has 0 aliphatic rings. The van der Waals surface area contributed by atoms with Gasteiger partial charge < -0.3 is 9.84 Å². The Hall–Kier alpha value is -0.570. The minimum Gasteiger partial charge on any atom is -0.466 e. The van der Waals surface area contributed by atoms with Crippen LogP contribution in [0.1, 0.15) is 91.9 Å². The van der Waals surface area contributed by atoms with Crippen molar-refractivity contribution in [3.63, 3.8) is 0 Å². The maximum absolute atomic E-state index is 11.3. The van der Waals surface area contributed by atoms with Crippen LogP contribution >= 0.6 is 0 Å². The number of hydrogen-bond donors (Lipinski definition) is 1. The van der Waals surface area contributed by atoms with Crippen LogP contribution in [0.25, 0.3) is 0 Å². The van der Waals surface area contributed by atoms with Gasteiger partial charge in [0, 0.05) is 6.42 Å². The van der Waals surface area contributed by atoms with Gasteiger partial charge in [0.05, 0.1) is 12.7 Å². The summed E-state index contributed by atoms with van der Waals surface area (Å²) in [6.45, 7) is 4.80. The molecule has 0 fully saturated rings. The molecule has 0 aromatic rings. The van der Waals surface area contributed by atoms with Gasteiger partial charge in [0.15, 0.2) is 0 Å². The molecule has 0 amide bonds. The van der Waals surface area contributed by atoms with Crippen LogP contribution in [0.3, 0.4) is 0 Å². The lowest BCUT2D eigenvalue weighted by Crippen LogP contribution is -2.12. The fourth-order valence-electron chi connectivity index (χ4n) is 1.99. The second-order valence-corrected chi connectivity index (χ2v) is 5.32. The molecule has 0 rings (SSSR count). The molecule has 3 heteroatoms. The third-order valence-corrected chi connectivity index (χ3v) is 3.33. The summed E-state index contributed by atoms with van der Waals surface area (Å²) in [5.74, 6) is -0.171. The molecule has 0 aromatic carbocycles. The third kappa shape index (κ3) is 15.5. The lowest BCUT2D eigenvalue weighted by molar-refractivity contribution is -0.144. The van der Waals surface area contributed by atoms with Gasteiger partial charge >= 0.3 is 5.97 Å². The van der Waals surface area contributed by atoms with Crippen molar-refractivity contribution in [2.45, 2.75) is 98.0 Å². The lowest BCUT2D eigenvalue weighted by atomic mass is 10.0. The molecule has 0 heterocycles. The van der Waals surface area contributed by atoms with Crippen molar-refractivity contribution >= 4 is 5.97 Å². The molecule has 1 unspecified atom stereocenters. The number of ether oxygens (including phenoxy) is 1. The third-order valence-electron chi connectivity index (χ3n) is 3.33. The van der Waals surface area contributed by atoms with Crippen molar-refractivity contribution in [2.24, 2.45) is 0 Å². The molecule has 0 aromatic heterocycles. The summed E-state index contributed by atoms with van der Waals surface area (Å²) in [6, 6.07) is 0. The number of esters is 1.